The quantitative estimate of drug-likeness (QED) is 0.773. The van der Waals surface area contributed by atoms with Crippen molar-refractivity contribution in [1.29, 1.82) is 0 Å². The summed E-state index contributed by atoms with van der Waals surface area (Å²) in [6.45, 7) is 8.97. The zero-order chi connectivity index (χ0) is 13.7. The molecule has 2 amide bonds. The second-order valence-corrected chi connectivity index (χ2v) is 7.85. The lowest BCUT2D eigenvalue weighted by atomic mass is 9.68. The van der Waals surface area contributed by atoms with Crippen molar-refractivity contribution in [2.24, 2.45) is 16.7 Å². The van der Waals surface area contributed by atoms with Crippen LogP contribution in [0.2, 0.25) is 0 Å². The number of urea groups is 1. The minimum atomic E-state index is 0.187. The molecule has 19 heavy (non-hydrogen) atoms. The molecule has 2 saturated carbocycles. The van der Waals surface area contributed by atoms with E-state index in [1.807, 2.05) is 4.90 Å². The van der Waals surface area contributed by atoms with Crippen molar-refractivity contribution >= 4 is 6.03 Å². The largest absolute Gasteiger partial charge is 0.334 e. The Morgan fingerprint density at radius 2 is 1.84 bits per heavy atom. The van der Waals surface area contributed by atoms with Gasteiger partial charge >= 0.3 is 6.03 Å². The number of piperidine rings is 1. The first-order valence-corrected chi connectivity index (χ1v) is 7.99. The number of carbonyl (C=O) groups excluding carboxylic acids is 1. The maximum atomic E-state index is 12.5. The molecule has 2 aliphatic carbocycles. The zero-order valence-corrected chi connectivity index (χ0v) is 12.7. The van der Waals surface area contributed by atoms with Crippen LogP contribution in [0, 0.1) is 16.7 Å². The Bertz CT molecular complexity index is 368. The van der Waals surface area contributed by atoms with Crippen LogP contribution in [0.3, 0.4) is 0 Å². The van der Waals surface area contributed by atoms with Crippen molar-refractivity contribution < 1.29 is 4.79 Å². The molecule has 1 heterocycles. The fourth-order valence-corrected chi connectivity index (χ4v) is 4.97. The number of nitrogens with one attached hydrogen (secondary N) is 1. The van der Waals surface area contributed by atoms with Crippen molar-refractivity contribution in [1.82, 2.24) is 10.2 Å². The van der Waals surface area contributed by atoms with Gasteiger partial charge < -0.3 is 10.2 Å². The molecule has 3 atom stereocenters. The molecule has 3 heteroatoms. The molecule has 0 aromatic carbocycles. The highest BCUT2D eigenvalue weighted by atomic mass is 16.2. The van der Waals surface area contributed by atoms with Gasteiger partial charge in [0.15, 0.2) is 0 Å². The van der Waals surface area contributed by atoms with Crippen LogP contribution in [-0.4, -0.2) is 30.1 Å². The van der Waals surface area contributed by atoms with E-state index < -0.39 is 0 Å². The third-order valence-corrected chi connectivity index (χ3v) is 6.18. The number of amides is 2. The molecule has 0 aromatic rings. The van der Waals surface area contributed by atoms with Crippen molar-refractivity contribution in [2.75, 3.05) is 13.1 Å². The number of fused-ring (bicyclic) bond motifs is 2. The maximum Gasteiger partial charge on any atom is 0.317 e. The fourth-order valence-electron chi connectivity index (χ4n) is 4.97. The Balaban J connectivity index is 1.70. The van der Waals surface area contributed by atoms with Crippen molar-refractivity contribution in [3.63, 3.8) is 0 Å². The molecule has 3 unspecified atom stereocenters. The molecule has 108 valence electrons. The lowest BCUT2D eigenvalue weighted by molar-refractivity contribution is 0.103. The van der Waals surface area contributed by atoms with Crippen LogP contribution in [0.25, 0.3) is 0 Å². The van der Waals surface area contributed by atoms with Crippen LogP contribution >= 0.6 is 0 Å². The van der Waals surface area contributed by atoms with Gasteiger partial charge in [-0.15, -0.1) is 0 Å². The van der Waals surface area contributed by atoms with Gasteiger partial charge in [-0.05, 0) is 55.3 Å². The minimum Gasteiger partial charge on any atom is -0.334 e. The molecule has 3 aliphatic rings. The highest BCUT2D eigenvalue weighted by molar-refractivity contribution is 5.75. The normalized spacial score (nSPS) is 40.5. The average molecular weight is 264 g/mol. The molecule has 1 N–H and O–H groups in total. The minimum absolute atomic E-state index is 0.187. The molecule has 1 aliphatic heterocycles. The molecular formula is C16H28N2O. The Hall–Kier alpha value is -0.730. The van der Waals surface area contributed by atoms with Gasteiger partial charge in [0, 0.05) is 19.1 Å². The van der Waals surface area contributed by atoms with Gasteiger partial charge in [-0.3, -0.25) is 0 Å². The smallest absolute Gasteiger partial charge is 0.317 e. The second-order valence-electron chi connectivity index (χ2n) is 7.85. The third-order valence-electron chi connectivity index (χ3n) is 6.18. The zero-order valence-electron chi connectivity index (χ0n) is 12.7. The fraction of sp³-hybridized carbons (Fsp3) is 0.938. The molecular weight excluding hydrogens is 236 g/mol. The number of nitrogens with zero attached hydrogens (tertiary/aromatic N) is 1. The Morgan fingerprint density at radius 3 is 2.42 bits per heavy atom. The molecule has 0 aromatic heterocycles. The van der Waals surface area contributed by atoms with E-state index in [0.29, 0.717) is 11.5 Å². The van der Waals surface area contributed by atoms with Gasteiger partial charge in [0.2, 0.25) is 0 Å². The summed E-state index contributed by atoms with van der Waals surface area (Å²) in [6.07, 6.45) is 7.54. The van der Waals surface area contributed by atoms with Gasteiger partial charge in [0.05, 0.1) is 0 Å². The summed E-state index contributed by atoms with van der Waals surface area (Å²) in [5.74, 6) is 0.796. The second kappa shape index (κ2) is 4.39. The van der Waals surface area contributed by atoms with E-state index in [2.05, 4.69) is 26.1 Å². The topological polar surface area (TPSA) is 32.3 Å². The number of rotatable bonds is 1. The predicted octanol–water partition coefficient (Wildman–Crippen LogP) is 3.40. The summed E-state index contributed by atoms with van der Waals surface area (Å²) in [4.78, 5) is 14.5. The van der Waals surface area contributed by atoms with Crippen LogP contribution in [0.15, 0.2) is 0 Å². The van der Waals surface area contributed by atoms with Crippen molar-refractivity contribution in [2.45, 2.75) is 65.3 Å². The molecule has 3 nitrogen and oxygen atoms in total. The summed E-state index contributed by atoms with van der Waals surface area (Å²) >= 11 is 0. The first-order valence-electron chi connectivity index (χ1n) is 7.99. The third kappa shape index (κ3) is 2.05. The molecule has 2 bridgehead atoms. The standard InChI is InChI=1S/C16H28N2O/c1-15(2)12-7-8-16(3,11-12)13(15)17-14(19)18-9-5-4-6-10-18/h12-13H,4-11H2,1-3H3,(H,17,19). The SMILES string of the molecule is CC12CCC(C1)C(C)(C)C2NC(=O)N1CCCCC1. The summed E-state index contributed by atoms with van der Waals surface area (Å²) in [5.41, 5.74) is 0.595. The van der Waals surface area contributed by atoms with Gasteiger partial charge in [-0.1, -0.05) is 20.8 Å². The van der Waals surface area contributed by atoms with Gasteiger partial charge in [0.1, 0.15) is 0 Å². The van der Waals surface area contributed by atoms with E-state index in [1.54, 1.807) is 0 Å². The Labute approximate surface area is 117 Å². The highest BCUT2D eigenvalue weighted by Crippen LogP contribution is 2.62. The molecule has 3 fully saturated rings. The van der Waals surface area contributed by atoms with Crippen molar-refractivity contribution in [3.05, 3.63) is 0 Å². The monoisotopic (exact) mass is 264 g/mol. The summed E-state index contributed by atoms with van der Waals surface area (Å²) in [5, 5.41) is 3.40. The first kappa shape index (κ1) is 13.3. The van der Waals surface area contributed by atoms with Gasteiger partial charge in [-0.25, -0.2) is 4.79 Å². The summed E-state index contributed by atoms with van der Waals surface area (Å²) < 4.78 is 0. The van der Waals surface area contributed by atoms with Gasteiger partial charge in [0.25, 0.3) is 0 Å². The first-order chi connectivity index (χ1) is 8.93. The number of likely N-dealkylation sites (tertiary alicyclic amines) is 1. The van der Waals surface area contributed by atoms with E-state index in [4.69, 9.17) is 0 Å². The number of carbonyl (C=O) groups is 1. The van der Waals surface area contributed by atoms with Crippen LogP contribution in [-0.2, 0) is 0 Å². The highest BCUT2D eigenvalue weighted by Gasteiger charge is 2.59. The summed E-state index contributed by atoms with van der Waals surface area (Å²) in [6, 6.07) is 0.541. The van der Waals surface area contributed by atoms with E-state index in [9.17, 15) is 4.79 Å². The van der Waals surface area contributed by atoms with E-state index >= 15 is 0 Å². The maximum absolute atomic E-state index is 12.5. The number of hydrogen-bond acceptors (Lipinski definition) is 1. The van der Waals surface area contributed by atoms with E-state index in [0.717, 1.165) is 19.0 Å². The lowest BCUT2D eigenvalue weighted by Crippen LogP contribution is -2.56. The average Bonchev–Trinajstić information content (AvgIpc) is 2.87. The Kier molecular flexibility index (Phi) is 3.06. The summed E-state index contributed by atoms with van der Waals surface area (Å²) in [7, 11) is 0. The molecule has 3 rings (SSSR count). The number of hydrogen-bond donors (Lipinski definition) is 1. The van der Waals surface area contributed by atoms with E-state index in [-0.39, 0.29) is 11.4 Å². The molecule has 0 spiro atoms. The van der Waals surface area contributed by atoms with Crippen LogP contribution < -0.4 is 5.32 Å². The lowest BCUT2D eigenvalue weighted by Gasteiger charge is -2.44. The van der Waals surface area contributed by atoms with Crippen LogP contribution in [0.5, 0.6) is 0 Å². The molecule has 0 radical (unpaired) electrons. The Morgan fingerprint density at radius 1 is 1.16 bits per heavy atom. The van der Waals surface area contributed by atoms with Crippen LogP contribution in [0.1, 0.15) is 59.3 Å². The molecule has 1 saturated heterocycles. The predicted molar refractivity (Wildman–Crippen MR) is 77.0 cm³/mol. The van der Waals surface area contributed by atoms with Crippen molar-refractivity contribution in [3.8, 4) is 0 Å². The van der Waals surface area contributed by atoms with Gasteiger partial charge in [-0.2, -0.15) is 0 Å². The van der Waals surface area contributed by atoms with Crippen LogP contribution in [0.4, 0.5) is 4.79 Å². The van der Waals surface area contributed by atoms with E-state index in [1.165, 1.54) is 38.5 Å².